The Kier molecular flexibility index (Phi) is 4.37. The molecular formula is C14H18N2O2S. The first-order valence-electron chi connectivity index (χ1n) is 6.36. The lowest BCUT2D eigenvalue weighted by atomic mass is 10.0. The molecule has 2 rings (SSSR count). The van der Waals surface area contributed by atoms with E-state index in [1.807, 2.05) is 0 Å². The van der Waals surface area contributed by atoms with Crippen LogP contribution < -0.4 is 15.8 Å². The molecule has 1 aliphatic rings. The van der Waals surface area contributed by atoms with Crippen molar-refractivity contribution in [1.82, 2.24) is 5.32 Å². The minimum absolute atomic E-state index is 0.0621. The van der Waals surface area contributed by atoms with Gasteiger partial charge < -0.3 is 15.8 Å². The van der Waals surface area contributed by atoms with Gasteiger partial charge in [-0.3, -0.25) is 4.79 Å². The molecule has 0 heterocycles. The number of nitrogens with two attached hydrogens (primary N) is 1. The van der Waals surface area contributed by atoms with Crippen molar-refractivity contribution >= 4 is 23.1 Å². The van der Waals surface area contributed by atoms with Crippen LogP contribution >= 0.6 is 12.2 Å². The molecule has 0 radical (unpaired) electrons. The van der Waals surface area contributed by atoms with Crippen molar-refractivity contribution in [3.8, 4) is 5.75 Å². The van der Waals surface area contributed by atoms with Gasteiger partial charge in [0.25, 0.3) is 5.91 Å². The fourth-order valence-corrected chi connectivity index (χ4v) is 2.75. The van der Waals surface area contributed by atoms with Gasteiger partial charge in [0.15, 0.2) is 0 Å². The summed E-state index contributed by atoms with van der Waals surface area (Å²) in [5.41, 5.74) is 6.32. The van der Waals surface area contributed by atoms with Crippen molar-refractivity contribution in [2.75, 3.05) is 7.11 Å². The Morgan fingerprint density at radius 2 is 2.05 bits per heavy atom. The van der Waals surface area contributed by atoms with Gasteiger partial charge in [0, 0.05) is 17.5 Å². The molecule has 1 aromatic carbocycles. The highest BCUT2D eigenvalue weighted by Gasteiger charge is 2.30. The quantitative estimate of drug-likeness (QED) is 0.825. The summed E-state index contributed by atoms with van der Waals surface area (Å²) in [4.78, 5) is 12.6. The summed E-state index contributed by atoms with van der Waals surface area (Å²) in [7, 11) is 1.60. The number of carbonyl (C=O) groups is 1. The third-order valence-corrected chi connectivity index (χ3v) is 3.85. The van der Waals surface area contributed by atoms with Crippen LogP contribution in [0.5, 0.6) is 5.75 Å². The number of ether oxygens (including phenoxy) is 1. The number of amides is 1. The number of rotatable bonds is 4. The molecular weight excluding hydrogens is 260 g/mol. The molecule has 1 aromatic rings. The summed E-state index contributed by atoms with van der Waals surface area (Å²) < 4.78 is 5.07. The van der Waals surface area contributed by atoms with E-state index in [1.54, 1.807) is 31.4 Å². The van der Waals surface area contributed by atoms with Crippen molar-refractivity contribution in [3.05, 3.63) is 29.8 Å². The van der Waals surface area contributed by atoms with E-state index in [9.17, 15) is 4.79 Å². The molecule has 19 heavy (non-hydrogen) atoms. The number of nitrogens with one attached hydrogen (secondary N) is 1. The smallest absolute Gasteiger partial charge is 0.251 e. The van der Waals surface area contributed by atoms with Crippen LogP contribution in [0.15, 0.2) is 24.3 Å². The van der Waals surface area contributed by atoms with Crippen molar-refractivity contribution in [1.29, 1.82) is 0 Å². The second kappa shape index (κ2) is 6.02. The molecule has 0 saturated heterocycles. The topological polar surface area (TPSA) is 64.3 Å². The van der Waals surface area contributed by atoms with Gasteiger partial charge in [-0.1, -0.05) is 18.6 Å². The van der Waals surface area contributed by atoms with Gasteiger partial charge in [0.05, 0.1) is 12.1 Å². The number of hydrogen-bond donors (Lipinski definition) is 2. The fourth-order valence-electron chi connectivity index (χ4n) is 2.47. The highest BCUT2D eigenvalue weighted by atomic mass is 32.1. The monoisotopic (exact) mass is 278 g/mol. The van der Waals surface area contributed by atoms with E-state index in [0.29, 0.717) is 10.6 Å². The highest BCUT2D eigenvalue weighted by Crippen LogP contribution is 2.26. The van der Waals surface area contributed by atoms with Gasteiger partial charge in [0.2, 0.25) is 0 Å². The number of carbonyl (C=O) groups excluding carboxylic acids is 1. The summed E-state index contributed by atoms with van der Waals surface area (Å²) >= 11 is 5.04. The van der Waals surface area contributed by atoms with Crippen LogP contribution in [0.4, 0.5) is 0 Å². The van der Waals surface area contributed by atoms with Gasteiger partial charge in [-0.2, -0.15) is 0 Å². The largest absolute Gasteiger partial charge is 0.497 e. The van der Waals surface area contributed by atoms with E-state index in [2.05, 4.69) is 5.32 Å². The number of thiocarbonyl (C=S) groups is 1. The summed E-state index contributed by atoms with van der Waals surface area (Å²) in [6, 6.07) is 7.10. The second-order valence-electron chi connectivity index (χ2n) is 4.75. The van der Waals surface area contributed by atoms with Gasteiger partial charge in [-0.15, -0.1) is 0 Å². The first-order valence-corrected chi connectivity index (χ1v) is 6.77. The standard InChI is InChI=1S/C14H18N2O2S/c1-18-10-7-5-9(6-8-10)14(17)16-12-4-2-3-11(12)13(15)19/h5-8,11-12H,2-4H2,1H3,(H2,15,19)(H,16,17). The average Bonchev–Trinajstić information content (AvgIpc) is 2.87. The van der Waals surface area contributed by atoms with Crippen molar-refractivity contribution in [3.63, 3.8) is 0 Å². The highest BCUT2D eigenvalue weighted by molar-refractivity contribution is 7.80. The van der Waals surface area contributed by atoms with Crippen LogP contribution in [0.2, 0.25) is 0 Å². The summed E-state index contributed by atoms with van der Waals surface area (Å²) in [5, 5.41) is 3.02. The Hall–Kier alpha value is -1.62. The van der Waals surface area contributed by atoms with E-state index < -0.39 is 0 Å². The predicted molar refractivity (Wildman–Crippen MR) is 78.4 cm³/mol. The molecule has 2 atom stereocenters. The van der Waals surface area contributed by atoms with Crippen molar-refractivity contribution < 1.29 is 9.53 Å². The average molecular weight is 278 g/mol. The summed E-state index contributed by atoms with van der Waals surface area (Å²) in [6.07, 6.45) is 2.95. The Morgan fingerprint density at radius 1 is 1.37 bits per heavy atom. The molecule has 0 aromatic heterocycles. The van der Waals surface area contributed by atoms with E-state index in [-0.39, 0.29) is 17.9 Å². The van der Waals surface area contributed by atoms with Crippen LogP contribution in [0.3, 0.4) is 0 Å². The molecule has 1 aliphatic carbocycles. The first-order chi connectivity index (χ1) is 9.11. The summed E-state index contributed by atoms with van der Waals surface area (Å²) in [6.45, 7) is 0. The van der Waals surface area contributed by atoms with Crippen LogP contribution in [-0.4, -0.2) is 24.0 Å². The molecule has 5 heteroatoms. The Morgan fingerprint density at radius 3 is 2.63 bits per heavy atom. The zero-order chi connectivity index (χ0) is 13.8. The van der Waals surface area contributed by atoms with Crippen molar-refractivity contribution in [2.45, 2.75) is 25.3 Å². The normalized spacial score (nSPS) is 21.9. The maximum absolute atomic E-state index is 12.1. The molecule has 1 amide bonds. The molecule has 0 bridgehead atoms. The van der Waals surface area contributed by atoms with E-state index in [1.165, 1.54) is 0 Å². The fraction of sp³-hybridized carbons (Fsp3) is 0.429. The predicted octanol–water partition coefficient (Wildman–Crippen LogP) is 1.88. The van der Waals surface area contributed by atoms with E-state index in [4.69, 9.17) is 22.7 Å². The Labute approximate surface area is 118 Å². The van der Waals surface area contributed by atoms with E-state index >= 15 is 0 Å². The Bertz CT molecular complexity index is 473. The maximum Gasteiger partial charge on any atom is 0.251 e. The molecule has 1 fully saturated rings. The number of benzene rings is 1. The molecule has 102 valence electrons. The first kappa shape index (κ1) is 13.8. The van der Waals surface area contributed by atoms with Gasteiger partial charge >= 0.3 is 0 Å². The molecule has 2 unspecified atom stereocenters. The summed E-state index contributed by atoms with van der Waals surface area (Å²) in [5.74, 6) is 0.770. The maximum atomic E-state index is 12.1. The molecule has 4 nitrogen and oxygen atoms in total. The molecule has 0 aliphatic heterocycles. The lowest BCUT2D eigenvalue weighted by Gasteiger charge is -2.19. The van der Waals surface area contributed by atoms with Crippen LogP contribution in [0.1, 0.15) is 29.6 Å². The minimum Gasteiger partial charge on any atom is -0.497 e. The van der Waals surface area contributed by atoms with Crippen LogP contribution in [-0.2, 0) is 0 Å². The SMILES string of the molecule is COc1ccc(C(=O)NC2CCCC2C(N)=S)cc1. The third kappa shape index (κ3) is 3.23. The number of methoxy groups -OCH3 is 1. The lowest BCUT2D eigenvalue weighted by molar-refractivity contribution is 0.0934. The Balaban J connectivity index is 2.01. The van der Waals surface area contributed by atoms with Crippen LogP contribution in [0, 0.1) is 5.92 Å². The van der Waals surface area contributed by atoms with Gasteiger partial charge in [0.1, 0.15) is 5.75 Å². The molecule has 0 spiro atoms. The van der Waals surface area contributed by atoms with Crippen molar-refractivity contribution in [2.24, 2.45) is 11.7 Å². The zero-order valence-electron chi connectivity index (χ0n) is 10.9. The van der Waals surface area contributed by atoms with E-state index in [0.717, 1.165) is 25.0 Å². The number of hydrogen-bond acceptors (Lipinski definition) is 3. The molecule has 3 N–H and O–H groups in total. The third-order valence-electron chi connectivity index (χ3n) is 3.55. The second-order valence-corrected chi connectivity index (χ2v) is 5.22. The van der Waals surface area contributed by atoms with Crippen LogP contribution in [0.25, 0.3) is 0 Å². The minimum atomic E-state index is -0.0872. The van der Waals surface area contributed by atoms with Gasteiger partial charge in [-0.05, 0) is 37.1 Å². The molecule has 1 saturated carbocycles. The van der Waals surface area contributed by atoms with Gasteiger partial charge in [-0.25, -0.2) is 0 Å². The zero-order valence-corrected chi connectivity index (χ0v) is 11.7. The lowest BCUT2D eigenvalue weighted by Crippen LogP contribution is -2.41.